The molecule has 0 aromatic rings. The summed E-state index contributed by atoms with van der Waals surface area (Å²) >= 11 is 0. The van der Waals surface area contributed by atoms with Crippen molar-refractivity contribution < 1.29 is 9.53 Å². The van der Waals surface area contributed by atoms with Crippen LogP contribution in [0.1, 0.15) is 13.3 Å². The van der Waals surface area contributed by atoms with E-state index in [2.05, 4.69) is 4.90 Å². The number of nitrogens with zero attached hydrogens (tertiary/aromatic N) is 1. The summed E-state index contributed by atoms with van der Waals surface area (Å²) in [6.45, 7) is 5.62. The Hall–Kier alpha value is -0.830. The molecule has 0 N–H and O–H groups in total. The predicted molar refractivity (Wildman–Crippen MR) is 49.3 cm³/mol. The van der Waals surface area contributed by atoms with Crippen molar-refractivity contribution in [1.29, 1.82) is 0 Å². The van der Waals surface area contributed by atoms with Gasteiger partial charge in [-0.3, -0.25) is 4.90 Å². The van der Waals surface area contributed by atoms with Crippen LogP contribution in [0.25, 0.3) is 0 Å². The topological polar surface area (TPSA) is 29.5 Å². The van der Waals surface area contributed by atoms with Crippen molar-refractivity contribution >= 4 is 5.97 Å². The van der Waals surface area contributed by atoms with E-state index in [0.717, 1.165) is 13.1 Å². The number of hydrogen-bond donors (Lipinski definition) is 0. The Morgan fingerprint density at radius 3 is 3.15 bits per heavy atom. The third-order valence-electron chi connectivity index (χ3n) is 2.79. The molecule has 0 aromatic carbocycles. The molecule has 13 heavy (non-hydrogen) atoms. The third-order valence-corrected chi connectivity index (χ3v) is 2.79. The van der Waals surface area contributed by atoms with E-state index in [9.17, 15) is 4.79 Å². The first kappa shape index (κ1) is 8.75. The largest absolute Gasteiger partial charge is 0.463 e. The summed E-state index contributed by atoms with van der Waals surface area (Å²) in [4.78, 5) is 13.5. The average molecular weight is 181 g/mol. The number of fused-ring (bicyclic) bond motifs is 2. The Labute approximate surface area is 78.4 Å². The minimum Gasteiger partial charge on any atom is -0.463 e. The lowest BCUT2D eigenvalue weighted by Crippen LogP contribution is -2.18. The maximum atomic E-state index is 11.2. The van der Waals surface area contributed by atoms with Crippen LogP contribution < -0.4 is 0 Å². The standard InChI is InChI=1S/C10H15NO2/c1-2-13-10(12)5-9-7-11-4-3-8(9)6-11/h5,8H,2-4,6-7H2,1H3. The maximum Gasteiger partial charge on any atom is 0.330 e. The summed E-state index contributed by atoms with van der Waals surface area (Å²) in [5.74, 6) is 0.454. The van der Waals surface area contributed by atoms with Crippen molar-refractivity contribution in [2.75, 3.05) is 26.2 Å². The summed E-state index contributed by atoms with van der Waals surface area (Å²) < 4.78 is 4.88. The molecule has 2 fully saturated rings. The second-order valence-corrected chi connectivity index (χ2v) is 3.69. The Bertz CT molecular complexity index is 247. The zero-order valence-corrected chi connectivity index (χ0v) is 7.95. The van der Waals surface area contributed by atoms with Gasteiger partial charge in [-0.25, -0.2) is 4.79 Å². The lowest BCUT2D eigenvalue weighted by atomic mass is 9.99. The Morgan fingerprint density at radius 1 is 1.77 bits per heavy atom. The number of carbonyl (C=O) groups is 1. The zero-order valence-electron chi connectivity index (χ0n) is 7.95. The summed E-state index contributed by atoms with van der Waals surface area (Å²) in [7, 11) is 0. The average Bonchev–Trinajstić information content (AvgIpc) is 2.65. The fraction of sp³-hybridized carbons (Fsp3) is 0.700. The number of ether oxygens (including phenoxy) is 1. The summed E-state index contributed by atoms with van der Waals surface area (Å²) in [6.07, 6.45) is 2.90. The second kappa shape index (κ2) is 3.50. The smallest absolute Gasteiger partial charge is 0.330 e. The highest BCUT2D eigenvalue weighted by Crippen LogP contribution is 2.31. The molecule has 0 amide bonds. The van der Waals surface area contributed by atoms with Crippen LogP contribution in [0.2, 0.25) is 0 Å². The van der Waals surface area contributed by atoms with E-state index in [4.69, 9.17) is 4.74 Å². The first-order valence-corrected chi connectivity index (χ1v) is 4.89. The molecular weight excluding hydrogens is 166 g/mol. The van der Waals surface area contributed by atoms with Crippen LogP contribution in [-0.4, -0.2) is 37.1 Å². The highest BCUT2D eigenvalue weighted by molar-refractivity contribution is 5.83. The van der Waals surface area contributed by atoms with Crippen molar-refractivity contribution in [1.82, 2.24) is 4.90 Å². The fourth-order valence-corrected chi connectivity index (χ4v) is 2.17. The monoisotopic (exact) mass is 181 g/mol. The van der Waals surface area contributed by atoms with E-state index in [0.29, 0.717) is 12.5 Å². The van der Waals surface area contributed by atoms with E-state index in [-0.39, 0.29) is 5.97 Å². The molecule has 0 aliphatic carbocycles. The minimum absolute atomic E-state index is 0.175. The molecule has 0 saturated carbocycles. The van der Waals surface area contributed by atoms with Crippen molar-refractivity contribution in [3.8, 4) is 0 Å². The summed E-state index contributed by atoms with van der Waals surface area (Å²) in [5, 5.41) is 0. The fourth-order valence-electron chi connectivity index (χ4n) is 2.17. The molecule has 0 radical (unpaired) electrons. The molecule has 2 heterocycles. The van der Waals surface area contributed by atoms with Gasteiger partial charge >= 0.3 is 5.97 Å². The lowest BCUT2D eigenvalue weighted by Gasteiger charge is -2.13. The second-order valence-electron chi connectivity index (χ2n) is 3.69. The number of carbonyl (C=O) groups excluding carboxylic acids is 1. The minimum atomic E-state index is -0.175. The van der Waals surface area contributed by atoms with Gasteiger partial charge in [0.15, 0.2) is 0 Å². The van der Waals surface area contributed by atoms with E-state index in [1.165, 1.54) is 18.5 Å². The van der Waals surface area contributed by atoms with Crippen LogP contribution >= 0.6 is 0 Å². The van der Waals surface area contributed by atoms with Gasteiger partial charge in [-0.1, -0.05) is 0 Å². The molecule has 3 heteroatoms. The molecule has 0 spiro atoms. The van der Waals surface area contributed by atoms with E-state index < -0.39 is 0 Å². The van der Waals surface area contributed by atoms with E-state index in [1.807, 2.05) is 6.92 Å². The molecular formula is C10H15NO2. The summed E-state index contributed by atoms with van der Waals surface area (Å²) in [6, 6.07) is 0. The summed E-state index contributed by atoms with van der Waals surface area (Å²) in [5.41, 5.74) is 1.27. The first-order chi connectivity index (χ1) is 6.29. The van der Waals surface area contributed by atoms with Crippen LogP contribution in [0, 0.1) is 5.92 Å². The van der Waals surface area contributed by atoms with Gasteiger partial charge in [0.25, 0.3) is 0 Å². The van der Waals surface area contributed by atoms with Crippen LogP contribution in [0.15, 0.2) is 11.6 Å². The van der Waals surface area contributed by atoms with E-state index >= 15 is 0 Å². The van der Waals surface area contributed by atoms with Crippen molar-refractivity contribution in [3.63, 3.8) is 0 Å². The Kier molecular flexibility index (Phi) is 2.36. The molecule has 2 atom stereocenters. The van der Waals surface area contributed by atoms with Gasteiger partial charge in [0.1, 0.15) is 0 Å². The maximum absolute atomic E-state index is 11.2. The van der Waals surface area contributed by atoms with E-state index in [1.54, 1.807) is 6.08 Å². The molecule has 72 valence electrons. The molecule has 3 nitrogen and oxygen atoms in total. The van der Waals surface area contributed by atoms with Crippen molar-refractivity contribution in [2.24, 2.45) is 5.92 Å². The molecule has 2 unspecified atom stereocenters. The predicted octanol–water partition coefficient (Wildman–Crippen LogP) is 0.811. The number of piperidine rings is 1. The van der Waals surface area contributed by atoms with Crippen LogP contribution in [0.5, 0.6) is 0 Å². The van der Waals surface area contributed by atoms with Gasteiger partial charge in [0.2, 0.25) is 0 Å². The van der Waals surface area contributed by atoms with Crippen LogP contribution in [0.4, 0.5) is 0 Å². The normalized spacial score (nSPS) is 34.1. The lowest BCUT2D eigenvalue weighted by molar-refractivity contribution is -0.137. The number of esters is 1. The van der Waals surface area contributed by atoms with Crippen LogP contribution in [0.3, 0.4) is 0 Å². The van der Waals surface area contributed by atoms with Gasteiger partial charge in [0.05, 0.1) is 6.61 Å². The SMILES string of the molecule is CCOC(=O)C=C1CN2CCC1C2. The Balaban J connectivity index is 1.97. The molecule has 2 rings (SSSR count). The number of rotatable bonds is 2. The van der Waals surface area contributed by atoms with Crippen molar-refractivity contribution in [2.45, 2.75) is 13.3 Å². The van der Waals surface area contributed by atoms with Gasteiger partial charge in [-0.15, -0.1) is 0 Å². The highest BCUT2D eigenvalue weighted by Gasteiger charge is 2.33. The number of hydrogen-bond acceptors (Lipinski definition) is 3. The molecule has 2 aliphatic rings. The molecule has 2 bridgehead atoms. The first-order valence-electron chi connectivity index (χ1n) is 4.89. The van der Waals surface area contributed by atoms with Gasteiger partial charge in [-0.05, 0) is 31.4 Å². The molecule has 0 aromatic heterocycles. The third kappa shape index (κ3) is 1.75. The quantitative estimate of drug-likeness (QED) is 0.466. The highest BCUT2D eigenvalue weighted by atomic mass is 16.5. The van der Waals surface area contributed by atoms with Crippen LogP contribution in [-0.2, 0) is 9.53 Å². The van der Waals surface area contributed by atoms with Gasteiger partial charge in [0, 0.05) is 19.2 Å². The molecule has 2 aliphatic heterocycles. The van der Waals surface area contributed by atoms with Gasteiger partial charge < -0.3 is 4.74 Å². The van der Waals surface area contributed by atoms with Gasteiger partial charge in [-0.2, -0.15) is 0 Å². The Morgan fingerprint density at radius 2 is 2.62 bits per heavy atom. The molecule has 2 saturated heterocycles. The zero-order chi connectivity index (χ0) is 9.26. The van der Waals surface area contributed by atoms with Crippen molar-refractivity contribution in [3.05, 3.63) is 11.6 Å².